The fourth-order valence-electron chi connectivity index (χ4n) is 2.70. The molecule has 1 aromatic carbocycles. The van der Waals surface area contributed by atoms with Gasteiger partial charge in [-0.15, -0.1) is 0 Å². The Hall–Kier alpha value is -1.06. The highest BCUT2D eigenvalue weighted by atomic mass is 16.3. The molecule has 1 fully saturated rings. The Labute approximate surface area is 102 Å². The van der Waals surface area contributed by atoms with Crippen LogP contribution in [0.25, 0.3) is 0 Å². The van der Waals surface area contributed by atoms with Crippen molar-refractivity contribution >= 4 is 0 Å². The van der Waals surface area contributed by atoms with Gasteiger partial charge in [0.25, 0.3) is 0 Å². The molecular formula is C14H20O3. The molecule has 3 heteroatoms. The van der Waals surface area contributed by atoms with Crippen molar-refractivity contribution in [2.24, 2.45) is 0 Å². The molecule has 2 rings (SSSR count). The normalized spacial score (nSPS) is 17.3. The van der Waals surface area contributed by atoms with Crippen LogP contribution < -0.4 is 0 Å². The van der Waals surface area contributed by atoms with E-state index in [1.54, 1.807) is 0 Å². The van der Waals surface area contributed by atoms with Gasteiger partial charge in [0.15, 0.2) is 0 Å². The van der Waals surface area contributed by atoms with Crippen LogP contribution in [0.5, 0.6) is 5.75 Å². The maximum atomic E-state index is 9.79. The zero-order valence-electron chi connectivity index (χ0n) is 10.0. The first kappa shape index (κ1) is 12.4. The lowest BCUT2D eigenvalue weighted by molar-refractivity contribution is 0.263. The molecule has 0 amide bonds. The summed E-state index contributed by atoms with van der Waals surface area (Å²) < 4.78 is 0. The molecule has 1 aliphatic carbocycles. The average molecular weight is 236 g/mol. The molecule has 0 bridgehead atoms. The maximum Gasteiger partial charge on any atom is 0.126 e. The van der Waals surface area contributed by atoms with Crippen LogP contribution in [0.3, 0.4) is 0 Å². The smallest absolute Gasteiger partial charge is 0.126 e. The minimum Gasteiger partial charge on any atom is -0.507 e. The van der Waals surface area contributed by atoms with Gasteiger partial charge in [-0.25, -0.2) is 0 Å². The standard InChI is InChI=1S/C14H20O3/c15-8-12-6-11(7-13(9-16)14(12)17)10-4-2-1-3-5-10/h6-7,10,15-17H,1-5,8-9H2. The lowest BCUT2D eigenvalue weighted by Crippen LogP contribution is -2.06. The van der Waals surface area contributed by atoms with E-state index in [0.717, 1.165) is 5.56 Å². The highest BCUT2D eigenvalue weighted by Crippen LogP contribution is 2.36. The third-order valence-corrected chi connectivity index (χ3v) is 3.71. The quantitative estimate of drug-likeness (QED) is 0.755. The van der Waals surface area contributed by atoms with E-state index in [2.05, 4.69) is 0 Å². The number of hydrogen-bond donors (Lipinski definition) is 3. The summed E-state index contributed by atoms with van der Waals surface area (Å²) in [5.74, 6) is 0.550. The van der Waals surface area contributed by atoms with E-state index in [-0.39, 0.29) is 19.0 Å². The van der Waals surface area contributed by atoms with E-state index < -0.39 is 0 Å². The van der Waals surface area contributed by atoms with Crippen LogP contribution in [0.4, 0.5) is 0 Å². The summed E-state index contributed by atoms with van der Waals surface area (Å²) in [6.07, 6.45) is 6.12. The van der Waals surface area contributed by atoms with E-state index in [9.17, 15) is 15.3 Å². The molecule has 0 heterocycles. The Kier molecular flexibility index (Phi) is 4.02. The molecule has 0 aliphatic heterocycles. The van der Waals surface area contributed by atoms with Crippen molar-refractivity contribution in [3.05, 3.63) is 28.8 Å². The summed E-state index contributed by atoms with van der Waals surface area (Å²) >= 11 is 0. The van der Waals surface area contributed by atoms with Gasteiger partial charge in [-0.2, -0.15) is 0 Å². The van der Waals surface area contributed by atoms with Crippen molar-refractivity contribution in [3.8, 4) is 5.75 Å². The van der Waals surface area contributed by atoms with Crippen molar-refractivity contribution in [3.63, 3.8) is 0 Å². The number of hydrogen-bond acceptors (Lipinski definition) is 3. The Balaban J connectivity index is 2.33. The second-order valence-corrected chi connectivity index (χ2v) is 4.84. The lowest BCUT2D eigenvalue weighted by atomic mass is 9.83. The monoisotopic (exact) mass is 236 g/mol. The maximum absolute atomic E-state index is 9.79. The second-order valence-electron chi connectivity index (χ2n) is 4.84. The zero-order valence-corrected chi connectivity index (χ0v) is 10.0. The zero-order chi connectivity index (χ0) is 12.3. The number of aliphatic hydroxyl groups excluding tert-OH is 2. The number of aliphatic hydroxyl groups is 2. The fraction of sp³-hybridized carbons (Fsp3) is 0.571. The molecule has 0 saturated heterocycles. The first-order chi connectivity index (χ1) is 8.26. The first-order valence-electron chi connectivity index (χ1n) is 6.32. The molecule has 1 aliphatic rings. The molecule has 1 saturated carbocycles. The van der Waals surface area contributed by atoms with E-state index in [1.165, 1.54) is 32.1 Å². The molecule has 3 nitrogen and oxygen atoms in total. The number of rotatable bonds is 3. The van der Waals surface area contributed by atoms with E-state index in [1.807, 2.05) is 12.1 Å². The van der Waals surface area contributed by atoms with Gasteiger partial charge >= 0.3 is 0 Å². The molecule has 94 valence electrons. The highest BCUT2D eigenvalue weighted by molar-refractivity contribution is 5.44. The minimum atomic E-state index is -0.181. The van der Waals surface area contributed by atoms with Crippen LogP contribution in [0.2, 0.25) is 0 Å². The number of benzene rings is 1. The van der Waals surface area contributed by atoms with Crippen LogP contribution in [0.15, 0.2) is 12.1 Å². The van der Waals surface area contributed by atoms with Crippen LogP contribution in [0, 0.1) is 0 Å². The second kappa shape index (κ2) is 5.52. The van der Waals surface area contributed by atoms with Crippen LogP contribution in [-0.2, 0) is 13.2 Å². The van der Waals surface area contributed by atoms with Gasteiger partial charge in [-0.3, -0.25) is 0 Å². The van der Waals surface area contributed by atoms with Gasteiger partial charge in [0.05, 0.1) is 13.2 Å². The Morgan fingerprint density at radius 3 is 1.94 bits per heavy atom. The van der Waals surface area contributed by atoms with E-state index in [4.69, 9.17) is 0 Å². The molecule has 0 aromatic heterocycles. The van der Waals surface area contributed by atoms with Crippen molar-refractivity contribution < 1.29 is 15.3 Å². The molecular weight excluding hydrogens is 216 g/mol. The lowest BCUT2D eigenvalue weighted by Gasteiger charge is -2.23. The summed E-state index contributed by atoms with van der Waals surface area (Å²) in [4.78, 5) is 0. The third-order valence-electron chi connectivity index (χ3n) is 3.71. The SMILES string of the molecule is OCc1cc(C2CCCCC2)cc(CO)c1O. The summed E-state index contributed by atoms with van der Waals surface area (Å²) in [6.45, 7) is -0.362. The van der Waals surface area contributed by atoms with Gasteiger partial charge < -0.3 is 15.3 Å². The van der Waals surface area contributed by atoms with Gasteiger partial charge in [-0.1, -0.05) is 19.3 Å². The highest BCUT2D eigenvalue weighted by Gasteiger charge is 2.18. The van der Waals surface area contributed by atoms with Gasteiger partial charge in [0.2, 0.25) is 0 Å². The van der Waals surface area contributed by atoms with Crippen LogP contribution >= 0.6 is 0 Å². The Bertz CT molecular complexity index is 356. The molecule has 17 heavy (non-hydrogen) atoms. The van der Waals surface area contributed by atoms with Crippen molar-refractivity contribution in [2.45, 2.75) is 51.2 Å². The van der Waals surface area contributed by atoms with Crippen molar-refractivity contribution in [2.75, 3.05) is 0 Å². The molecule has 0 atom stereocenters. The largest absolute Gasteiger partial charge is 0.507 e. The summed E-state index contributed by atoms with van der Waals surface area (Å²) in [7, 11) is 0. The molecule has 1 aromatic rings. The van der Waals surface area contributed by atoms with Gasteiger partial charge in [0.1, 0.15) is 5.75 Å². The molecule has 0 spiro atoms. The molecule has 0 unspecified atom stereocenters. The summed E-state index contributed by atoms with van der Waals surface area (Å²) in [6, 6.07) is 3.76. The average Bonchev–Trinajstić information content (AvgIpc) is 2.40. The topological polar surface area (TPSA) is 60.7 Å². The summed E-state index contributed by atoms with van der Waals surface area (Å²) in [5.41, 5.74) is 2.20. The predicted molar refractivity (Wildman–Crippen MR) is 65.8 cm³/mol. The molecule has 0 radical (unpaired) electrons. The van der Waals surface area contributed by atoms with Gasteiger partial charge in [0, 0.05) is 11.1 Å². The Morgan fingerprint density at radius 2 is 1.47 bits per heavy atom. The first-order valence-corrected chi connectivity index (χ1v) is 6.32. The van der Waals surface area contributed by atoms with Gasteiger partial charge in [-0.05, 0) is 36.5 Å². The van der Waals surface area contributed by atoms with Crippen LogP contribution in [0.1, 0.15) is 54.7 Å². The number of phenols is 1. The van der Waals surface area contributed by atoms with Crippen molar-refractivity contribution in [1.82, 2.24) is 0 Å². The van der Waals surface area contributed by atoms with Crippen molar-refractivity contribution in [1.29, 1.82) is 0 Å². The Morgan fingerprint density at radius 1 is 0.941 bits per heavy atom. The summed E-state index contributed by atoms with van der Waals surface area (Å²) in [5, 5.41) is 28.2. The third kappa shape index (κ3) is 2.61. The fourth-order valence-corrected chi connectivity index (χ4v) is 2.70. The van der Waals surface area contributed by atoms with Crippen LogP contribution in [-0.4, -0.2) is 15.3 Å². The number of aromatic hydroxyl groups is 1. The molecule has 3 N–H and O–H groups in total. The minimum absolute atomic E-state index is 0.0366. The van der Waals surface area contributed by atoms with E-state index >= 15 is 0 Å². The van der Waals surface area contributed by atoms with E-state index in [0.29, 0.717) is 17.0 Å². The predicted octanol–water partition coefficient (Wildman–Crippen LogP) is 2.42.